The number of nitrogens with two attached hydrogens (primary N) is 1. The van der Waals surface area contributed by atoms with Crippen LogP contribution in [0.4, 0.5) is 15.8 Å². The zero-order chi connectivity index (χ0) is 12.3. The zero-order valence-electron chi connectivity index (χ0n) is 9.79. The van der Waals surface area contributed by atoms with Crippen LogP contribution in [0.3, 0.4) is 0 Å². The van der Waals surface area contributed by atoms with Gasteiger partial charge in [-0.3, -0.25) is 4.79 Å². The molecule has 1 saturated heterocycles. The van der Waals surface area contributed by atoms with E-state index in [-0.39, 0.29) is 5.91 Å². The smallest absolute Gasteiger partial charge is 0.227 e. The highest BCUT2D eigenvalue weighted by atomic mass is 19.1. The van der Waals surface area contributed by atoms with Crippen molar-refractivity contribution in [2.24, 2.45) is 0 Å². The molecule has 4 heteroatoms. The largest absolute Gasteiger partial charge is 0.399 e. The summed E-state index contributed by atoms with van der Waals surface area (Å²) in [6.07, 6.45) is 4.51. The molecule has 2 rings (SSSR count). The van der Waals surface area contributed by atoms with E-state index in [1.807, 2.05) is 0 Å². The fourth-order valence-electron chi connectivity index (χ4n) is 2.16. The summed E-state index contributed by atoms with van der Waals surface area (Å²) in [5.41, 5.74) is 6.24. The van der Waals surface area contributed by atoms with E-state index < -0.39 is 5.82 Å². The van der Waals surface area contributed by atoms with Gasteiger partial charge in [-0.1, -0.05) is 12.8 Å². The summed E-state index contributed by atoms with van der Waals surface area (Å²) < 4.78 is 13.8. The van der Waals surface area contributed by atoms with E-state index in [4.69, 9.17) is 5.73 Å². The number of halogens is 1. The molecule has 0 saturated carbocycles. The molecule has 0 atom stereocenters. The Morgan fingerprint density at radius 2 is 1.94 bits per heavy atom. The van der Waals surface area contributed by atoms with Crippen molar-refractivity contribution in [1.29, 1.82) is 0 Å². The lowest BCUT2D eigenvalue weighted by Gasteiger charge is -2.25. The number of amides is 1. The number of nitrogens with zero attached hydrogens (tertiary/aromatic N) is 1. The molecule has 0 aliphatic carbocycles. The molecule has 1 heterocycles. The Balaban J connectivity index is 2.25. The minimum absolute atomic E-state index is 0.00775. The predicted molar refractivity (Wildman–Crippen MR) is 66.3 cm³/mol. The molecular formula is C13H17FN2O. The molecule has 1 amide bonds. The van der Waals surface area contributed by atoms with Crippen molar-refractivity contribution in [1.82, 2.24) is 0 Å². The Labute approximate surface area is 100 Å². The lowest BCUT2D eigenvalue weighted by molar-refractivity contribution is -0.119. The molecule has 0 radical (unpaired) electrons. The minimum Gasteiger partial charge on any atom is -0.399 e. The van der Waals surface area contributed by atoms with Crippen LogP contribution in [0.5, 0.6) is 0 Å². The van der Waals surface area contributed by atoms with E-state index in [1.165, 1.54) is 6.07 Å². The summed E-state index contributed by atoms with van der Waals surface area (Å²) in [6, 6.07) is 4.48. The fourth-order valence-corrected chi connectivity index (χ4v) is 2.16. The van der Waals surface area contributed by atoms with Crippen LogP contribution in [0.1, 0.15) is 32.1 Å². The Hall–Kier alpha value is -1.58. The number of hydrogen-bond donors (Lipinski definition) is 1. The molecule has 1 aliphatic heterocycles. The lowest BCUT2D eigenvalue weighted by Crippen LogP contribution is -2.33. The molecule has 1 aromatic carbocycles. The summed E-state index contributed by atoms with van der Waals surface area (Å²) in [4.78, 5) is 13.5. The second-order valence-electron chi connectivity index (χ2n) is 4.42. The van der Waals surface area contributed by atoms with Gasteiger partial charge >= 0.3 is 0 Å². The number of carbonyl (C=O) groups is 1. The van der Waals surface area contributed by atoms with Crippen LogP contribution in [-0.2, 0) is 4.79 Å². The van der Waals surface area contributed by atoms with Gasteiger partial charge in [-0.05, 0) is 31.0 Å². The van der Waals surface area contributed by atoms with E-state index in [2.05, 4.69) is 0 Å². The highest BCUT2D eigenvalue weighted by molar-refractivity contribution is 5.93. The number of carbonyl (C=O) groups excluding carboxylic acids is 1. The molecule has 0 bridgehead atoms. The van der Waals surface area contributed by atoms with Gasteiger partial charge in [0.2, 0.25) is 5.91 Å². The number of nitrogen functional groups attached to an aromatic ring is 1. The average molecular weight is 236 g/mol. The number of benzene rings is 1. The normalized spacial score (nSPS) is 17.7. The molecular weight excluding hydrogens is 219 g/mol. The number of hydrogen-bond acceptors (Lipinski definition) is 2. The summed E-state index contributed by atoms with van der Waals surface area (Å²) in [5, 5.41) is 0. The Bertz CT molecular complexity index is 420. The fraction of sp³-hybridized carbons (Fsp3) is 0.462. The SMILES string of the molecule is Nc1ccc(N2CCCCCCC2=O)c(F)c1. The Morgan fingerprint density at radius 1 is 1.18 bits per heavy atom. The molecule has 2 N–H and O–H groups in total. The van der Waals surface area contributed by atoms with Crippen LogP contribution < -0.4 is 10.6 Å². The first-order valence-corrected chi connectivity index (χ1v) is 6.04. The number of rotatable bonds is 1. The molecule has 17 heavy (non-hydrogen) atoms. The third-order valence-electron chi connectivity index (χ3n) is 3.09. The zero-order valence-corrected chi connectivity index (χ0v) is 9.79. The molecule has 92 valence electrons. The second kappa shape index (κ2) is 5.17. The lowest BCUT2D eigenvalue weighted by atomic mass is 10.1. The summed E-state index contributed by atoms with van der Waals surface area (Å²) in [6.45, 7) is 0.597. The van der Waals surface area contributed by atoms with Gasteiger partial charge in [0.1, 0.15) is 5.82 Å². The van der Waals surface area contributed by atoms with E-state index in [0.717, 1.165) is 25.7 Å². The molecule has 0 spiro atoms. The molecule has 1 aromatic rings. The molecule has 0 unspecified atom stereocenters. The highest BCUT2D eigenvalue weighted by Crippen LogP contribution is 2.24. The van der Waals surface area contributed by atoms with Crippen LogP contribution in [-0.4, -0.2) is 12.5 Å². The van der Waals surface area contributed by atoms with Crippen molar-refractivity contribution in [3.63, 3.8) is 0 Å². The van der Waals surface area contributed by atoms with Crippen molar-refractivity contribution in [2.45, 2.75) is 32.1 Å². The highest BCUT2D eigenvalue weighted by Gasteiger charge is 2.19. The van der Waals surface area contributed by atoms with E-state index in [0.29, 0.717) is 24.3 Å². The first-order chi connectivity index (χ1) is 8.18. The molecule has 0 aromatic heterocycles. The third-order valence-corrected chi connectivity index (χ3v) is 3.09. The van der Waals surface area contributed by atoms with Gasteiger partial charge in [0, 0.05) is 18.7 Å². The van der Waals surface area contributed by atoms with Crippen LogP contribution in [0.15, 0.2) is 18.2 Å². The van der Waals surface area contributed by atoms with Crippen LogP contribution >= 0.6 is 0 Å². The molecule has 1 fully saturated rings. The number of anilines is 2. The molecule has 3 nitrogen and oxygen atoms in total. The van der Waals surface area contributed by atoms with Gasteiger partial charge < -0.3 is 10.6 Å². The predicted octanol–water partition coefficient (Wildman–Crippen LogP) is 2.71. The van der Waals surface area contributed by atoms with Crippen molar-refractivity contribution >= 4 is 17.3 Å². The second-order valence-corrected chi connectivity index (χ2v) is 4.42. The van der Waals surface area contributed by atoms with Crippen molar-refractivity contribution in [3.8, 4) is 0 Å². The molecule has 1 aliphatic rings. The standard InChI is InChI=1S/C13H17FN2O/c14-11-9-10(15)6-7-12(11)16-8-4-2-1-3-5-13(16)17/h6-7,9H,1-5,8,15H2. The van der Waals surface area contributed by atoms with Crippen LogP contribution in [0.2, 0.25) is 0 Å². The van der Waals surface area contributed by atoms with Gasteiger partial charge in [0.15, 0.2) is 0 Å². The first kappa shape index (κ1) is 11.9. The quantitative estimate of drug-likeness (QED) is 0.762. The summed E-state index contributed by atoms with van der Waals surface area (Å²) >= 11 is 0. The Kier molecular flexibility index (Phi) is 3.61. The third kappa shape index (κ3) is 2.75. The van der Waals surface area contributed by atoms with E-state index in [9.17, 15) is 9.18 Å². The summed E-state index contributed by atoms with van der Waals surface area (Å²) in [7, 11) is 0. The average Bonchev–Trinajstić information content (AvgIpc) is 2.26. The Morgan fingerprint density at radius 3 is 2.71 bits per heavy atom. The van der Waals surface area contributed by atoms with Gasteiger partial charge in [-0.2, -0.15) is 0 Å². The van der Waals surface area contributed by atoms with E-state index >= 15 is 0 Å². The van der Waals surface area contributed by atoms with Gasteiger partial charge in [-0.25, -0.2) is 4.39 Å². The maximum absolute atomic E-state index is 13.8. The van der Waals surface area contributed by atoms with Gasteiger partial charge in [0.25, 0.3) is 0 Å². The monoisotopic (exact) mass is 236 g/mol. The van der Waals surface area contributed by atoms with Crippen LogP contribution in [0.25, 0.3) is 0 Å². The maximum Gasteiger partial charge on any atom is 0.227 e. The van der Waals surface area contributed by atoms with Gasteiger partial charge in [0.05, 0.1) is 5.69 Å². The van der Waals surface area contributed by atoms with Crippen LogP contribution in [0, 0.1) is 5.82 Å². The topological polar surface area (TPSA) is 46.3 Å². The van der Waals surface area contributed by atoms with E-state index in [1.54, 1.807) is 17.0 Å². The van der Waals surface area contributed by atoms with Crippen molar-refractivity contribution in [3.05, 3.63) is 24.0 Å². The first-order valence-electron chi connectivity index (χ1n) is 6.04. The summed E-state index contributed by atoms with van der Waals surface area (Å²) in [5.74, 6) is -0.410. The van der Waals surface area contributed by atoms with Crippen molar-refractivity contribution < 1.29 is 9.18 Å². The maximum atomic E-state index is 13.8. The minimum atomic E-state index is -0.418. The van der Waals surface area contributed by atoms with Gasteiger partial charge in [-0.15, -0.1) is 0 Å². The van der Waals surface area contributed by atoms with Crippen molar-refractivity contribution in [2.75, 3.05) is 17.2 Å².